The topological polar surface area (TPSA) is 56.7 Å². The molecule has 0 N–H and O–H groups in total. The molecule has 0 aliphatic rings. The lowest BCUT2D eigenvalue weighted by Gasteiger charge is -2.01. The normalized spacial score (nSPS) is 10.8. The number of furan rings is 1. The molecule has 0 spiro atoms. The van der Waals surface area contributed by atoms with Gasteiger partial charge in [0, 0.05) is 6.20 Å². The third-order valence-corrected chi connectivity index (χ3v) is 3.04. The number of carbonyl (C=O) groups excluding carboxylic acids is 1. The SMILES string of the molecule is COC(=O)c1ccn2c(-c3ccco3)nc(Cl)c2c1. The number of hydrogen-bond donors (Lipinski definition) is 0. The van der Waals surface area contributed by atoms with Crippen molar-refractivity contribution in [2.24, 2.45) is 0 Å². The van der Waals surface area contributed by atoms with Crippen LogP contribution in [-0.4, -0.2) is 22.5 Å². The first kappa shape index (κ1) is 11.8. The lowest BCUT2D eigenvalue weighted by Crippen LogP contribution is -2.01. The maximum atomic E-state index is 11.5. The van der Waals surface area contributed by atoms with Gasteiger partial charge in [-0.05, 0) is 24.3 Å². The van der Waals surface area contributed by atoms with Gasteiger partial charge in [-0.15, -0.1) is 0 Å². The summed E-state index contributed by atoms with van der Waals surface area (Å²) in [5.74, 6) is 0.772. The fraction of sp³-hybridized carbons (Fsp3) is 0.0769. The molecular formula is C13H9ClN2O3. The number of aromatic nitrogens is 2. The minimum Gasteiger partial charge on any atom is -0.465 e. The molecule has 0 aromatic carbocycles. The number of halogens is 1. The van der Waals surface area contributed by atoms with Crippen LogP contribution < -0.4 is 0 Å². The first-order valence-corrected chi connectivity index (χ1v) is 5.88. The van der Waals surface area contributed by atoms with Crippen molar-refractivity contribution < 1.29 is 13.9 Å². The van der Waals surface area contributed by atoms with Crippen molar-refractivity contribution in [1.29, 1.82) is 0 Å². The van der Waals surface area contributed by atoms with Crippen LogP contribution in [0.15, 0.2) is 41.1 Å². The molecule has 19 heavy (non-hydrogen) atoms. The average Bonchev–Trinajstić information content (AvgIpc) is 3.06. The lowest BCUT2D eigenvalue weighted by molar-refractivity contribution is 0.0601. The van der Waals surface area contributed by atoms with Crippen molar-refractivity contribution in [1.82, 2.24) is 9.38 Å². The molecule has 0 aliphatic carbocycles. The second kappa shape index (κ2) is 4.44. The second-order valence-electron chi connectivity index (χ2n) is 3.87. The van der Waals surface area contributed by atoms with Gasteiger partial charge in [0.05, 0.1) is 24.5 Å². The zero-order valence-electron chi connectivity index (χ0n) is 9.96. The number of fused-ring (bicyclic) bond motifs is 1. The summed E-state index contributed by atoms with van der Waals surface area (Å²) in [5.41, 5.74) is 1.04. The molecule has 0 radical (unpaired) electrons. The lowest BCUT2D eigenvalue weighted by atomic mass is 10.2. The largest absolute Gasteiger partial charge is 0.465 e. The second-order valence-corrected chi connectivity index (χ2v) is 4.22. The summed E-state index contributed by atoms with van der Waals surface area (Å²) in [6.07, 6.45) is 3.27. The highest BCUT2D eigenvalue weighted by molar-refractivity contribution is 6.33. The van der Waals surface area contributed by atoms with Crippen LogP contribution in [0.4, 0.5) is 0 Å². The van der Waals surface area contributed by atoms with Crippen LogP contribution in [-0.2, 0) is 4.74 Å². The molecule has 0 saturated carbocycles. The molecule has 3 aromatic rings. The zero-order chi connectivity index (χ0) is 13.4. The number of rotatable bonds is 2. The summed E-state index contributed by atoms with van der Waals surface area (Å²) in [6, 6.07) is 6.84. The average molecular weight is 277 g/mol. The van der Waals surface area contributed by atoms with Crippen LogP contribution in [0.2, 0.25) is 5.15 Å². The van der Waals surface area contributed by atoms with Gasteiger partial charge in [0.15, 0.2) is 16.7 Å². The molecular weight excluding hydrogens is 268 g/mol. The van der Waals surface area contributed by atoms with Crippen molar-refractivity contribution in [3.63, 3.8) is 0 Å². The third-order valence-electron chi connectivity index (χ3n) is 2.76. The fourth-order valence-corrected chi connectivity index (χ4v) is 2.10. The van der Waals surface area contributed by atoms with Gasteiger partial charge < -0.3 is 9.15 Å². The van der Waals surface area contributed by atoms with Gasteiger partial charge in [0.2, 0.25) is 0 Å². The molecule has 0 fully saturated rings. The predicted octanol–water partition coefficient (Wildman–Crippen LogP) is 3.03. The Morgan fingerprint density at radius 1 is 1.47 bits per heavy atom. The highest BCUT2D eigenvalue weighted by Gasteiger charge is 2.15. The Morgan fingerprint density at radius 2 is 2.32 bits per heavy atom. The highest BCUT2D eigenvalue weighted by atomic mass is 35.5. The van der Waals surface area contributed by atoms with Gasteiger partial charge in [-0.3, -0.25) is 4.40 Å². The van der Waals surface area contributed by atoms with E-state index in [-0.39, 0.29) is 0 Å². The van der Waals surface area contributed by atoms with Gasteiger partial charge in [-0.25, -0.2) is 9.78 Å². The Hall–Kier alpha value is -2.27. The number of ether oxygens (including phenoxy) is 1. The molecule has 5 nitrogen and oxygen atoms in total. The number of pyridine rings is 1. The van der Waals surface area contributed by atoms with E-state index in [0.717, 1.165) is 0 Å². The number of hydrogen-bond acceptors (Lipinski definition) is 4. The number of nitrogens with zero attached hydrogens (tertiary/aromatic N) is 2. The van der Waals surface area contributed by atoms with E-state index in [1.807, 2.05) is 0 Å². The highest BCUT2D eigenvalue weighted by Crippen LogP contribution is 2.26. The smallest absolute Gasteiger partial charge is 0.337 e. The van der Waals surface area contributed by atoms with Crippen LogP contribution >= 0.6 is 11.6 Å². The Bertz CT molecular complexity index is 747. The summed E-state index contributed by atoms with van der Waals surface area (Å²) in [7, 11) is 1.33. The maximum absolute atomic E-state index is 11.5. The summed E-state index contributed by atoms with van der Waals surface area (Å²) in [4.78, 5) is 15.7. The number of carbonyl (C=O) groups is 1. The van der Waals surface area contributed by atoms with Crippen LogP contribution in [0.25, 0.3) is 17.1 Å². The van der Waals surface area contributed by atoms with Gasteiger partial charge >= 0.3 is 5.97 Å². The van der Waals surface area contributed by atoms with Crippen molar-refractivity contribution in [3.8, 4) is 11.6 Å². The number of methoxy groups -OCH3 is 1. The molecule has 0 unspecified atom stereocenters. The number of imidazole rings is 1. The third kappa shape index (κ3) is 1.88. The zero-order valence-corrected chi connectivity index (χ0v) is 10.7. The Kier molecular flexibility index (Phi) is 2.76. The first-order chi connectivity index (χ1) is 9.20. The van der Waals surface area contributed by atoms with Gasteiger partial charge in [0.25, 0.3) is 0 Å². The van der Waals surface area contributed by atoms with E-state index in [0.29, 0.717) is 27.8 Å². The standard InChI is InChI=1S/C13H9ClN2O3/c1-18-13(17)8-4-5-16-9(7-8)11(14)15-12(16)10-3-2-6-19-10/h2-7H,1H3. The van der Waals surface area contributed by atoms with Crippen molar-refractivity contribution in [2.75, 3.05) is 7.11 Å². The first-order valence-electron chi connectivity index (χ1n) is 5.50. The Balaban J connectivity index is 2.21. The minimum atomic E-state index is -0.417. The van der Waals surface area contributed by atoms with Crippen molar-refractivity contribution >= 4 is 23.1 Å². The summed E-state index contributed by atoms with van der Waals surface area (Å²) in [6.45, 7) is 0. The summed E-state index contributed by atoms with van der Waals surface area (Å²) < 4.78 is 11.7. The van der Waals surface area contributed by atoms with E-state index in [4.69, 9.17) is 16.0 Å². The van der Waals surface area contributed by atoms with E-state index in [2.05, 4.69) is 9.72 Å². The van der Waals surface area contributed by atoms with E-state index in [9.17, 15) is 4.79 Å². The molecule has 6 heteroatoms. The molecule has 0 aliphatic heterocycles. The summed E-state index contributed by atoms with van der Waals surface area (Å²) >= 11 is 6.09. The molecule has 0 bridgehead atoms. The monoisotopic (exact) mass is 276 g/mol. The Morgan fingerprint density at radius 3 is 3.00 bits per heavy atom. The van der Waals surface area contributed by atoms with Gasteiger partial charge in [-0.2, -0.15) is 0 Å². The molecule has 3 heterocycles. The molecule has 0 atom stereocenters. The quantitative estimate of drug-likeness (QED) is 0.675. The van der Waals surface area contributed by atoms with Crippen LogP contribution in [0, 0.1) is 0 Å². The number of esters is 1. The van der Waals surface area contributed by atoms with Gasteiger partial charge in [-0.1, -0.05) is 11.6 Å². The molecule has 0 amide bonds. The molecule has 3 aromatic heterocycles. The van der Waals surface area contributed by atoms with Crippen LogP contribution in [0.3, 0.4) is 0 Å². The predicted molar refractivity (Wildman–Crippen MR) is 69.2 cm³/mol. The van der Waals surface area contributed by atoms with Crippen LogP contribution in [0.5, 0.6) is 0 Å². The van der Waals surface area contributed by atoms with E-state index < -0.39 is 5.97 Å². The maximum Gasteiger partial charge on any atom is 0.337 e. The van der Waals surface area contributed by atoms with E-state index in [1.54, 1.807) is 41.1 Å². The van der Waals surface area contributed by atoms with E-state index in [1.165, 1.54) is 7.11 Å². The minimum absolute atomic E-state index is 0.303. The van der Waals surface area contributed by atoms with Gasteiger partial charge in [0.1, 0.15) is 0 Å². The molecule has 3 rings (SSSR count). The van der Waals surface area contributed by atoms with E-state index >= 15 is 0 Å². The fourth-order valence-electron chi connectivity index (χ4n) is 1.87. The van der Waals surface area contributed by atoms with Crippen molar-refractivity contribution in [2.45, 2.75) is 0 Å². The van der Waals surface area contributed by atoms with Crippen molar-refractivity contribution in [3.05, 3.63) is 47.4 Å². The Labute approximate surface area is 113 Å². The molecule has 96 valence electrons. The summed E-state index contributed by atoms with van der Waals surface area (Å²) in [5, 5.41) is 0.303. The van der Waals surface area contributed by atoms with Crippen LogP contribution in [0.1, 0.15) is 10.4 Å². The molecule has 0 saturated heterocycles.